The Bertz CT molecular complexity index is 1570. The van der Waals surface area contributed by atoms with Crippen molar-refractivity contribution in [1.82, 2.24) is 9.97 Å². The van der Waals surface area contributed by atoms with Crippen LogP contribution in [0.4, 0.5) is 0 Å². The molecule has 0 aliphatic carbocycles. The molecule has 0 atom stereocenters. The monoisotopic (exact) mass is 464 g/mol. The van der Waals surface area contributed by atoms with Crippen LogP contribution in [0.25, 0.3) is 33.5 Å². The van der Waals surface area contributed by atoms with Crippen LogP contribution in [0, 0.1) is 6.92 Å². The summed E-state index contributed by atoms with van der Waals surface area (Å²) in [5.74, 6) is -0.641. The minimum Gasteiger partial charge on any atom is -0.478 e. The maximum atomic E-state index is 11.6. The molecule has 0 aliphatic rings. The zero-order valence-corrected chi connectivity index (χ0v) is 18.6. The van der Waals surface area contributed by atoms with Crippen LogP contribution < -0.4 is 4.74 Å². The molecule has 5 aromatic rings. The minimum atomic E-state index is -1.05. The third-order valence-electron chi connectivity index (χ3n) is 5.65. The molecule has 0 aliphatic heterocycles. The van der Waals surface area contributed by atoms with E-state index in [0.717, 1.165) is 22.3 Å². The largest absolute Gasteiger partial charge is 0.478 e. The van der Waals surface area contributed by atoms with Crippen molar-refractivity contribution in [1.29, 1.82) is 0 Å². The number of para-hydroxylation sites is 1. The topological polar surface area (TPSA) is 113 Å². The molecular formula is C28H20N2O5. The van der Waals surface area contributed by atoms with Crippen LogP contribution in [0.2, 0.25) is 0 Å². The molecule has 0 saturated heterocycles. The maximum Gasteiger partial charge on any atom is 0.339 e. The summed E-state index contributed by atoms with van der Waals surface area (Å²) in [6.45, 7) is 1.85. The standard InChI is InChI=1S/C28H20N2O5/c1-16-14-22(28(33)34)25-23(15-16)29-26(30-25)19-8-6-17(7-9-19)18-10-12-20(13-11-18)35-24-5-3-2-4-21(24)27(31)32/h2-15H,1H3,(H,29,30)(H,31,32)(H,33,34). The number of carboxylic acids is 2. The van der Waals surface area contributed by atoms with Crippen LogP contribution in [0.3, 0.4) is 0 Å². The molecule has 3 N–H and O–H groups in total. The average molecular weight is 464 g/mol. The van der Waals surface area contributed by atoms with Gasteiger partial charge in [-0.15, -0.1) is 0 Å². The molecule has 0 radical (unpaired) electrons. The Hall–Kier alpha value is -4.91. The fourth-order valence-corrected chi connectivity index (χ4v) is 3.96. The number of fused-ring (bicyclic) bond motifs is 1. The lowest BCUT2D eigenvalue weighted by atomic mass is 10.0. The SMILES string of the molecule is Cc1cc(C(=O)O)c2nc(-c3ccc(-c4ccc(Oc5ccccc5C(=O)O)cc4)cc3)[nH]c2c1. The number of aromatic carboxylic acids is 2. The molecule has 0 spiro atoms. The van der Waals surface area contributed by atoms with Gasteiger partial charge in [0.05, 0.1) is 11.1 Å². The molecule has 172 valence electrons. The first kappa shape index (κ1) is 21.9. The van der Waals surface area contributed by atoms with Gasteiger partial charge in [-0.05, 0) is 60.0 Å². The van der Waals surface area contributed by atoms with Crippen molar-refractivity contribution >= 4 is 23.0 Å². The number of carbonyl (C=O) groups is 2. The van der Waals surface area contributed by atoms with Gasteiger partial charge in [0.15, 0.2) is 0 Å². The number of ether oxygens (including phenoxy) is 1. The summed E-state index contributed by atoms with van der Waals surface area (Å²) in [6.07, 6.45) is 0. The van der Waals surface area contributed by atoms with Crippen LogP contribution in [0.5, 0.6) is 11.5 Å². The zero-order chi connectivity index (χ0) is 24.5. The van der Waals surface area contributed by atoms with E-state index in [1.165, 1.54) is 6.07 Å². The Balaban J connectivity index is 1.38. The summed E-state index contributed by atoms with van der Waals surface area (Å²) >= 11 is 0. The number of carboxylic acid groups (broad SMARTS) is 2. The second kappa shape index (κ2) is 8.79. The van der Waals surface area contributed by atoms with E-state index in [0.29, 0.717) is 22.6 Å². The fourth-order valence-electron chi connectivity index (χ4n) is 3.96. The second-order valence-electron chi connectivity index (χ2n) is 8.10. The highest BCUT2D eigenvalue weighted by Crippen LogP contribution is 2.30. The summed E-state index contributed by atoms with van der Waals surface area (Å²) in [4.78, 5) is 30.7. The third-order valence-corrected chi connectivity index (χ3v) is 5.65. The van der Waals surface area contributed by atoms with Gasteiger partial charge >= 0.3 is 11.9 Å². The number of H-pyrrole nitrogens is 1. The third kappa shape index (κ3) is 4.35. The number of benzene rings is 4. The Morgan fingerprint density at radius 3 is 2.03 bits per heavy atom. The number of aryl methyl sites for hydroxylation is 1. The van der Waals surface area contributed by atoms with Crippen LogP contribution in [0.1, 0.15) is 26.3 Å². The summed E-state index contributed by atoms with van der Waals surface area (Å²) < 4.78 is 5.77. The van der Waals surface area contributed by atoms with E-state index in [-0.39, 0.29) is 16.9 Å². The number of aromatic amines is 1. The van der Waals surface area contributed by atoms with Crippen molar-refractivity contribution in [2.75, 3.05) is 0 Å². The van der Waals surface area contributed by atoms with Gasteiger partial charge in [0.25, 0.3) is 0 Å². The van der Waals surface area contributed by atoms with Gasteiger partial charge in [-0.2, -0.15) is 0 Å². The lowest BCUT2D eigenvalue weighted by Gasteiger charge is -2.09. The van der Waals surface area contributed by atoms with Gasteiger partial charge in [-0.25, -0.2) is 14.6 Å². The Kier molecular flexibility index (Phi) is 5.51. The predicted octanol–water partition coefficient (Wildman–Crippen LogP) is 6.39. The highest BCUT2D eigenvalue weighted by atomic mass is 16.5. The second-order valence-corrected chi connectivity index (χ2v) is 8.10. The number of imidazole rings is 1. The smallest absolute Gasteiger partial charge is 0.339 e. The van der Waals surface area contributed by atoms with Crippen LogP contribution >= 0.6 is 0 Å². The Labute approximate surface area is 200 Å². The molecule has 1 heterocycles. The highest BCUT2D eigenvalue weighted by molar-refractivity contribution is 6.02. The number of nitrogens with zero attached hydrogens (tertiary/aromatic N) is 1. The number of hydrogen-bond donors (Lipinski definition) is 3. The molecule has 0 amide bonds. The number of aromatic nitrogens is 2. The summed E-state index contributed by atoms with van der Waals surface area (Å²) in [5.41, 5.74) is 5.01. The lowest BCUT2D eigenvalue weighted by Crippen LogP contribution is -1.99. The van der Waals surface area contributed by atoms with Gasteiger partial charge < -0.3 is 19.9 Å². The molecular weight excluding hydrogens is 444 g/mol. The lowest BCUT2D eigenvalue weighted by molar-refractivity contribution is 0.0685. The van der Waals surface area contributed by atoms with Crippen molar-refractivity contribution in [3.05, 3.63) is 102 Å². The number of rotatable bonds is 6. The van der Waals surface area contributed by atoms with Crippen molar-refractivity contribution in [3.8, 4) is 34.0 Å². The van der Waals surface area contributed by atoms with Crippen molar-refractivity contribution in [2.24, 2.45) is 0 Å². The molecule has 0 fully saturated rings. The summed E-state index contributed by atoms with van der Waals surface area (Å²) in [7, 11) is 0. The molecule has 7 heteroatoms. The Morgan fingerprint density at radius 1 is 0.771 bits per heavy atom. The maximum absolute atomic E-state index is 11.6. The van der Waals surface area contributed by atoms with E-state index in [1.807, 2.05) is 49.4 Å². The van der Waals surface area contributed by atoms with Crippen molar-refractivity contribution in [2.45, 2.75) is 6.92 Å². The number of nitrogens with one attached hydrogen (secondary N) is 1. The molecule has 35 heavy (non-hydrogen) atoms. The normalized spacial score (nSPS) is 10.9. The van der Waals surface area contributed by atoms with E-state index in [1.54, 1.807) is 36.4 Å². The van der Waals surface area contributed by atoms with Gasteiger partial charge in [-0.1, -0.05) is 48.5 Å². The van der Waals surface area contributed by atoms with Gasteiger partial charge in [0.2, 0.25) is 0 Å². The van der Waals surface area contributed by atoms with Crippen LogP contribution in [0.15, 0.2) is 84.9 Å². The molecule has 4 aromatic carbocycles. The van der Waals surface area contributed by atoms with Gasteiger partial charge in [0, 0.05) is 5.56 Å². The molecule has 7 nitrogen and oxygen atoms in total. The highest BCUT2D eigenvalue weighted by Gasteiger charge is 2.15. The minimum absolute atomic E-state index is 0.100. The fraction of sp³-hybridized carbons (Fsp3) is 0.0357. The molecule has 0 saturated carbocycles. The summed E-state index contributed by atoms with van der Waals surface area (Å²) in [5, 5.41) is 18.8. The van der Waals surface area contributed by atoms with E-state index in [9.17, 15) is 19.8 Å². The first-order valence-corrected chi connectivity index (χ1v) is 10.8. The quantitative estimate of drug-likeness (QED) is 0.268. The predicted molar refractivity (Wildman–Crippen MR) is 132 cm³/mol. The van der Waals surface area contributed by atoms with E-state index >= 15 is 0 Å². The van der Waals surface area contributed by atoms with E-state index in [2.05, 4.69) is 9.97 Å². The van der Waals surface area contributed by atoms with Gasteiger partial charge in [-0.3, -0.25) is 0 Å². The Morgan fingerprint density at radius 2 is 1.37 bits per heavy atom. The van der Waals surface area contributed by atoms with E-state index in [4.69, 9.17) is 4.74 Å². The van der Waals surface area contributed by atoms with Gasteiger partial charge in [0.1, 0.15) is 28.4 Å². The average Bonchev–Trinajstić information content (AvgIpc) is 3.28. The molecule has 0 unspecified atom stereocenters. The van der Waals surface area contributed by atoms with Crippen LogP contribution in [-0.4, -0.2) is 32.1 Å². The first-order chi connectivity index (χ1) is 16.9. The zero-order valence-electron chi connectivity index (χ0n) is 18.6. The van der Waals surface area contributed by atoms with Crippen LogP contribution in [-0.2, 0) is 0 Å². The molecule has 0 bridgehead atoms. The van der Waals surface area contributed by atoms with Crippen molar-refractivity contribution < 1.29 is 24.5 Å². The molecule has 1 aromatic heterocycles. The number of hydrogen-bond acceptors (Lipinski definition) is 4. The van der Waals surface area contributed by atoms with Crippen molar-refractivity contribution in [3.63, 3.8) is 0 Å². The molecule has 5 rings (SSSR count). The van der Waals surface area contributed by atoms with E-state index < -0.39 is 11.9 Å². The first-order valence-electron chi connectivity index (χ1n) is 10.8. The summed E-state index contributed by atoms with van der Waals surface area (Å²) in [6, 6.07) is 25.1.